The predicted molar refractivity (Wildman–Crippen MR) is 109 cm³/mol. The van der Waals surface area contributed by atoms with Gasteiger partial charge in [0.15, 0.2) is 5.82 Å². The number of rotatable bonds is 3. The van der Waals surface area contributed by atoms with E-state index in [-0.39, 0.29) is 11.7 Å². The van der Waals surface area contributed by atoms with E-state index in [2.05, 4.69) is 25.2 Å². The lowest BCUT2D eigenvalue weighted by Crippen LogP contribution is -2.31. The first-order valence-corrected chi connectivity index (χ1v) is 10.1. The van der Waals surface area contributed by atoms with E-state index in [4.69, 9.17) is 0 Å². The monoisotopic (exact) mass is 391 g/mol. The fourth-order valence-electron chi connectivity index (χ4n) is 4.19. The normalized spacial score (nSPS) is 16.4. The third-order valence-corrected chi connectivity index (χ3v) is 5.65. The minimum absolute atomic E-state index is 0.0791. The first-order chi connectivity index (χ1) is 14.2. The summed E-state index contributed by atoms with van der Waals surface area (Å²) >= 11 is 0. The van der Waals surface area contributed by atoms with E-state index in [1.165, 1.54) is 12.5 Å². The van der Waals surface area contributed by atoms with Crippen LogP contribution >= 0.6 is 0 Å². The second-order valence-corrected chi connectivity index (χ2v) is 7.53. The van der Waals surface area contributed by atoms with Crippen molar-refractivity contribution in [2.24, 2.45) is 0 Å². The number of carbonyl (C=O) groups is 1. The van der Waals surface area contributed by atoms with Crippen LogP contribution in [-0.2, 0) is 6.42 Å². The Morgan fingerprint density at radius 3 is 2.79 bits per heavy atom. The molecule has 0 unspecified atom stereocenters. The highest BCUT2D eigenvalue weighted by molar-refractivity contribution is 5.97. The Hall–Kier alpha value is -3.22. The number of nitrogens with zero attached hydrogens (tertiary/aromatic N) is 3. The molecule has 7 heteroatoms. The first-order valence-electron chi connectivity index (χ1n) is 10.1. The number of carbonyl (C=O) groups excluding carboxylic acids is 1. The minimum Gasteiger partial charge on any atom is -0.371 e. The molecule has 5 rings (SSSR count). The summed E-state index contributed by atoms with van der Waals surface area (Å²) in [5.74, 6) is -0.0434. The molecule has 2 aromatic heterocycles. The number of fused-ring (bicyclic) bond motifs is 1. The third-order valence-electron chi connectivity index (χ3n) is 5.65. The van der Waals surface area contributed by atoms with Gasteiger partial charge in [-0.1, -0.05) is 6.07 Å². The van der Waals surface area contributed by atoms with Gasteiger partial charge in [-0.25, -0.2) is 14.4 Å². The molecule has 0 spiro atoms. The summed E-state index contributed by atoms with van der Waals surface area (Å²) in [6.45, 7) is 2.44. The van der Waals surface area contributed by atoms with Gasteiger partial charge in [0.2, 0.25) is 0 Å². The zero-order valence-electron chi connectivity index (χ0n) is 16.0. The molecule has 0 radical (unpaired) electrons. The number of benzene rings is 1. The molecule has 1 saturated heterocycles. The van der Waals surface area contributed by atoms with Crippen molar-refractivity contribution >= 4 is 11.6 Å². The summed E-state index contributed by atoms with van der Waals surface area (Å²) in [6.07, 6.45) is 5.81. The second-order valence-electron chi connectivity index (χ2n) is 7.53. The smallest absolute Gasteiger partial charge is 0.253 e. The molecule has 3 aromatic rings. The molecule has 0 atom stereocenters. The lowest BCUT2D eigenvalue weighted by atomic mass is 10.1. The maximum Gasteiger partial charge on any atom is 0.253 e. The Bertz CT molecular complexity index is 1070. The maximum absolute atomic E-state index is 14.9. The van der Waals surface area contributed by atoms with Gasteiger partial charge in [0.05, 0.1) is 28.2 Å². The van der Waals surface area contributed by atoms with Crippen LogP contribution in [0.1, 0.15) is 35.3 Å². The van der Waals surface area contributed by atoms with Crippen molar-refractivity contribution in [3.63, 3.8) is 0 Å². The number of hydrogen-bond donors (Lipinski definition) is 2. The van der Waals surface area contributed by atoms with Gasteiger partial charge in [-0.2, -0.15) is 0 Å². The molecule has 4 heterocycles. The Balaban J connectivity index is 1.57. The number of piperidine rings is 1. The Labute approximate surface area is 168 Å². The predicted octanol–water partition coefficient (Wildman–Crippen LogP) is 3.55. The third kappa shape index (κ3) is 3.26. The molecule has 148 valence electrons. The summed E-state index contributed by atoms with van der Waals surface area (Å²) in [5.41, 5.74) is 4.21. The van der Waals surface area contributed by atoms with Crippen LogP contribution in [0, 0.1) is 5.82 Å². The molecule has 1 aromatic carbocycles. The Morgan fingerprint density at radius 2 is 1.97 bits per heavy atom. The van der Waals surface area contributed by atoms with Crippen LogP contribution in [0.2, 0.25) is 0 Å². The number of aromatic nitrogens is 3. The van der Waals surface area contributed by atoms with Crippen molar-refractivity contribution in [1.82, 2.24) is 20.3 Å². The second kappa shape index (κ2) is 7.31. The van der Waals surface area contributed by atoms with Gasteiger partial charge >= 0.3 is 0 Å². The Morgan fingerprint density at radius 1 is 1.10 bits per heavy atom. The van der Waals surface area contributed by atoms with Crippen molar-refractivity contribution in [3.05, 3.63) is 53.6 Å². The van der Waals surface area contributed by atoms with Gasteiger partial charge in [0.1, 0.15) is 5.82 Å². The fraction of sp³-hybridized carbons (Fsp3) is 0.318. The highest BCUT2D eigenvalue weighted by Crippen LogP contribution is 2.34. The summed E-state index contributed by atoms with van der Waals surface area (Å²) in [6, 6.07) is 8.72. The van der Waals surface area contributed by atoms with E-state index in [9.17, 15) is 9.18 Å². The van der Waals surface area contributed by atoms with Gasteiger partial charge in [0.25, 0.3) is 5.91 Å². The van der Waals surface area contributed by atoms with Gasteiger partial charge < -0.3 is 15.2 Å². The van der Waals surface area contributed by atoms with Gasteiger partial charge in [0, 0.05) is 37.9 Å². The number of nitrogens with one attached hydrogen (secondary N) is 2. The minimum atomic E-state index is -0.324. The number of H-pyrrole nitrogens is 1. The molecule has 2 aliphatic heterocycles. The van der Waals surface area contributed by atoms with E-state index in [0.717, 1.165) is 49.4 Å². The maximum atomic E-state index is 14.9. The van der Waals surface area contributed by atoms with Crippen molar-refractivity contribution < 1.29 is 9.18 Å². The van der Waals surface area contributed by atoms with Crippen LogP contribution in [0.15, 0.2) is 36.5 Å². The van der Waals surface area contributed by atoms with Crippen LogP contribution in [-0.4, -0.2) is 40.5 Å². The van der Waals surface area contributed by atoms with Gasteiger partial charge in [-0.3, -0.25) is 4.79 Å². The molecule has 2 aliphatic rings. The number of anilines is 1. The topological polar surface area (TPSA) is 73.9 Å². The van der Waals surface area contributed by atoms with E-state index < -0.39 is 0 Å². The molecule has 1 fully saturated rings. The Kier molecular flexibility index (Phi) is 4.50. The molecule has 0 saturated carbocycles. The lowest BCUT2D eigenvalue weighted by Gasteiger charge is -2.30. The number of halogens is 1. The van der Waals surface area contributed by atoms with E-state index in [1.807, 2.05) is 12.1 Å². The van der Waals surface area contributed by atoms with Crippen LogP contribution < -0.4 is 10.2 Å². The average Bonchev–Trinajstić information content (AvgIpc) is 3.20. The van der Waals surface area contributed by atoms with Crippen molar-refractivity contribution in [3.8, 4) is 22.8 Å². The average molecular weight is 391 g/mol. The van der Waals surface area contributed by atoms with Crippen LogP contribution in [0.25, 0.3) is 22.8 Å². The molecule has 0 aliphatic carbocycles. The van der Waals surface area contributed by atoms with Crippen LogP contribution in [0.5, 0.6) is 0 Å². The highest BCUT2D eigenvalue weighted by Gasteiger charge is 2.23. The zero-order valence-corrected chi connectivity index (χ0v) is 16.0. The largest absolute Gasteiger partial charge is 0.371 e. The standard InChI is InChI=1S/C22H22FN5O/c23-15-5-4-6-19(28-11-2-1-3-12-28)20(15)21-24-9-8-17(27-21)18-13-14-16(26-18)7-10-25-22(14)29/h4-6,8-9,13,26H,1-3,7,10-12H2,(H,25,29). The quantitative estimate of drug-likeness (QED) is 0.716. The number of aromatic amines is 1. The summed E-state index contributed by atoms with van der Waals surface area (Å²) in [7, 11) is 0. The summed E-state index contributed by atoms with van der Waals surface area (Å²) in [4.78, 5) is 26.6. The molecule has 0 bridgehead atoms. The lowest BCUT2D eigenvalue weighted by molar-refractivity contribution is 0.0946. The molecule has 1 amide bonds. The number of amides is 1. The SMILES string of the molecule is O=C1NCCc2[nH]c(-c3ccnc(-c4c(F)cccc4N4CCCCC4)n3)cc21. The highest BCUT2D eigenvalue weighted by atomic mass is 19.1. The van der Waals surface area contributed by atoms with Crippen molar-refractivity contribution in [1.29, 1.82) is 0 Å². The summed E-state index contributed by atoms with van der Waals surface area (Å²) < 4.78 is 14.9. The first kappa shape index (κ1) is 17.8. The molecule has 29 heavy (non-hydrogen) atoms. The van der Waals surface area contributed by atoms with Crippen LogP contribution in [0.4, 0.5) is 10.1 Å². The fourth-order valence-corrected chi connectivity index (χ4v) is 4.19. The van der Waals surface area contributed by atoms with Crippen molar-refractivity contribution in [2.45, 2.75) is 25.7 Å². The van der Waals surface area contributed by atoms with E-state index in [0.29, 0.717) is 29.2 Å². The molecule has 6 nitrogen and oxygen atoms in total. The number of hydrogen-bond acceptors (Lipinski definition) is 4. The molecular formula is C22H22FN5O. The molecule has 2 N–H and O–H groups in total. The van der Waals surface area contributed by atoms with E-state index in [1.54, 1.807) is 18.3 Å². The molecular weight excluding hydrogens is 369 g/mol. The van der Waals surface area contributed by atoms with Crippen molar-refractivity contribution in [2.75, 3.05) is 24.5 Å². The zero-order chi connectivity index (χ0) is 19.8. The van der Waals surface area contributed by atoms with Gasteiger partial charge in [-0.15, -0.1) is 0 Å². The van der Waals surface area contributed by atoms with E-state index >= 15 is 0 Å². The summed E-state index contributed by atoms with van der Waals surface area (Å²) in [5, 5.41) is 2.84. The van der Waals surface area contributed by atoms with Gasteiger partial charge in [-0.05, 0) is 43.5 Å². The van der Waals surface area contributed by atoms with Crippen LogP contribution in [0.3, 0.4) is 0 Å².